The molecule has 3 aromatic heterocycles. The SMILES string of the molecule is CS(=O)(=O)c1ccc(-c2cc(C(=O)Nc3nnc(-c4ccco4)o3)c3ccccc3n2)cc1. The second-order valence-electron chi connectivity index (χ2n) is 7.21. The summed E-state index contributed by atoms with van der Waals surface area (Å²) in [5, 5.41) is 11.0. The number of furan rings is 1. The van der Waals surface area contributed by atoms with Crippen molar-refractivity contribution in [3.63, 3.8) is 0 Å². The maximum absolute atomic E-state index is 13.1. The Morgan fingerprint density at radius 1 is 0.970 bits per heavy atom. The highest BCUT2D eigenvalue weighted by Crippen LogP contribution is 2.27. The molecule has 5 aromatic rings. The van der Waals surface area contributed by atoms with Crippen LogP contribution in [-0.4, -0.2) is 35.8 Å². The smallest absolute Gasteiger partial charge is 0.322 e. The van der Waals surface area contributed by atoms with Crippen molar-refractivity contribution in [2.75, 3.05) is 11.6 Å². The van der Waals surface area contributed by atoms with E-state index in [1.54, 1.807) is 42.5 Å². The molecule has 0 saturated carbocycles. The summed E-state index contributed by atoms with van der Waals surface area (Å²) in [6, 6.07) is 18.4. The van der Waals surface area contributed by atoms with Gasteiger partial charge in [0.15, 0.2) is 15.6 Å². The fourth-order valence-corrected chi connectivity index (χ4v) is 3.95. The third-order valence-corrected chi connectivity index (χ3v) is 6.04. The minimum atomic E-state index is -3.32. The highest BCUT2D eigenvalue weighted by molar-refractivity contribution is 7.90. The molecule has 1 N–H and O–H groups in total. The molecule has 0 radical (unpaired) electrons. The number of hydrogen-bond donors (Lipinski definition) is 1. The molecule has 33 heavy (non-hydrogen) atoms. The molecule has 0 aliphatic carbocycles. The fraction of sp³-hybridized carbons (Fsp3) is 0.0435. The van der Waals surface area contributed by atoms with E-state index < -0.39 is 15.7 Å². The van der Waals surface area contributed by atoms with Crippen LogP contribution in [-0.2, 0) is 9.84 Å². The Hall–Kier alpha value is -4.31. The lowest BCUT2D eigenvalue weighted by Gasteiger charge is -2.09. The van der Waals surface area contributed by atoms with Gasteiger partial charge < -0.3 is 8.83 Å². The molecule has 0 unspecified atom stereocenters. The van der Waals surface area contributed by atoms with Gasteiger partial charge in [-0.2, -0.15) is 0 Å². The van der Waals surface area contributed by atoms with Crippen LogP contribution >= 0.6 is 0 Å². The zero-order valence-corrected chi connectivity index (χ0v) is 18.0. The van der Waals surface area contributed by atoms with E-state index in [4.69, 9.17) is 8.83 Å². The number of amides is 1. The number of pyridine rings is 1. The number of para-hydroxylation sites is 1. The van der Waals surface area contributed by atoms with Crippen LogP contribution in [0.3, 0.4) is 0 Å². The van der Waals surface area contributed by atoms with Gasteiger partial charge in [0.2, 0.25) is 0 Å². The second kappa shape index (κ2) is 7.99. The van der Waals surface area contributed by atoms with Gasteiger partial charge in [0, 0.05) is 17.2 Å². The Labute approximate surface area is 188 Å². The van der Waals surface area contributed by atoms with Gasteiger partial charge in [-0.15, -0.1) is 5.10 Å². The summed E-state index contributed by atoms with van der Waals surface area (Å²) in [5.41, 5.74) is 2.13. The van der Waals surface area contributed by atoms with E-state index in [-0.39, 0.29) is 16.8 Å². The molecule has 0 aliphatic rings. The van der Waals surface area contributed by atoms with E-state index in [1.165, 1.54) is 18.4 Å². The number of sulfone groups is 1. The van der Waals surface area contributed by atoms with Crippen molar-refractivity contribution in [3.05, 3.63) is 78.6 Å². The van der Waals surface area contributed by atoms with Gasteiger partial charge in [-0.05, 0) is 36.4 Å². The van der Waals surface area contributed by atoms with Crippen LogP contribution in [0, 0.1) is 0 Å². The van der Waals surface area contributed by atoms with Gasteiger partial charge in [0.1, 0.15) is 0 Å². The summed E-state index contributed by atoms with van der Waals surface area (Å²) in [6.45, 7) is 0. The molecule has 0 saturated heterocycles. The molecule has 3 heterocycles. The molecular weight excluding hydrogens is 444 g/mol. The molecule has 5 rings (SSSR count). The minimum absolute atomic E-state index is 0.0775. The third kappa shape index (κ3) is 4.11. The number of rotatable bonds is 5. The molecule has 0 atom stereocenters. The summed E-state index contributed by atoms with van der Waals surface area (Å²) in [7, 11) is -3.32. The lowest BCUT2D eigenvalue weighted by molar-refractivity contribution is 0.102. The molecule has 0 fully saturated rings. The Morgan fingerprint density at radius 3 is 2.48 bits per heavy atom. The van der Waals surface area contributed by atoms with E-state index in [9.17, 15) is 13.2 Å². The number of carbonyl (C=O) groups excluding carboxylic acids is 1. The molecule has 0 aliphatic heterocycles. The first kappa shape index (κ1) is 20.6. The van der Waals surface area contributed by atoms with Crippen LogP contribution in [0.15, 0.2) is 86.7 Å². The largest absolute Gasteiger partial charge is 0.459 e. The quantitative estimate of drug-likeness (QED) is 0.413. The molecule has 1 amide bonds. The van der Waals surface area contributed by atoms with Crippen LogP contribution < -0.4 is 5.32 Å². The van der Waals surface area contributed by atoms with Crippen molar-refractivity contribution >= 4 is 32.7 Å². The number of nitrogens with zero attached hydrogens (tertiary/aromatic N) is 3. The van der Waals surface area contributed by atoms with Gasteiger partial charge in [0.25, 0.3) is 11.8 Å². The zero-order valence-electron chi connectivity index (χ0n) is 17.2. The average molecular weight is 460 g/mol. The Bertz CT molecular complexity index is 1570. The maximum atomic E-state index is 13.1. The number of anilines is 1. The van der Waals surface area contributed by atoms with Crippen molar-refractivity contribution in [2.45, 2.75) is 4.90 Å². The highest BCUT2D eigenvalue weighted by atomic mass is 32.2. The molecular formula is C23H16N4O5S. The number of fused-ring (bicyclic) bond motifs is 1. The van der Waals surface area contributed by atoms with Crippen LogP contribution in [0.2, 0.25) is 0 Å². The maximum Gasteiger partial charge on any atom is 0.322 e. The van der Waals surface area contributed by atoms with Gasteiger partial charge in [-0.1, -0.05) is 35.4 Å². The topological polar surface area (TPSA) is 128 Å². The zero-order chi connectivity index (χ0) is 23.0. The molecule has 164 valence electrons. The predicted molar refractivity (Wildman–Crippen MR) is 120 cm³/mol. The minimum Gasteiger partial charge on any atom is -0.459 e. The Morgan fingerprint density at radius 2 is 1.76 bits per heavy atom. The normalized spacial score (nSPS) is 11.5. The van der Waals surface area contributed by atoms with Crippen LogP contribution in [0.1, 0.15) is 10.4 Å². The summed E-state index contributed by atoms with van der Waals surface area (Å²) >= 11 is 0. The molecule has 0 spiro atoms. The van der Waals surface area contributed by atoms with Crippen LogP contribution in [0.5, 0.6) is 0 Å². The second-order valence-corrected chi connectivity index (χ2v) is 9.23. The van der Waals surface area contributed by atoms with Crippen molar-refractivity contribution in [1.29, 1.82) is 0 Å². The summed E-state index contributed by atoms with van der Waals surface area (Å²) in [5.74, 6) is 0.0657. The molecule has 9 nitrogen and oxygen atoms in total. The number of benzene rings is 2. The van der Waals surface area contributed by atoms with Crippen molar-refractivity contribution in [2.24, 2.45) is 0 Å². The van der Waals surface area contributed by atoms with Crippen molar-refractivity contribution in [1.82, 2.24) is 15.2 Å². The van der Waals surface area contributed by atoms with E-state index in [0.717, 1.165) is 6.26 Å². The molecule has 10 heteroatoms. The van der Waals surface area contributed by atoms with Gasteiger partial charge >= 0.3 is 6.01 Å². The first-order valence-corrected chi connectivity index (χ1v) is 11.7. The van der Waals surface area contributed by atoms with E-state index >= 15 is 0 Å². The molecule has 2 aromatic carbocycles. The van der Waals surface area contributed by atoms with Gasteiger partial charge in [-0.25, -0.2) is 13.4 Å². The van der Waals surface area contributed by atoms with E-state index in [1.807, 2.05) is 12.1 Å². The predicted octanol–water partition coefficient (Wildman–Crippen LogP) is 4.20. The monoisotopic (exact) mass is 460 g/mol. The third-order valence-electron chi connectivity index (χ3n) is 4.92. The number of aromatic nitrogens is 3. The summed E-state index contributed by atoms with van der Waals surface area (Å²) in [4.78, 5) is 18.0. The van der Waals surface area contributed by atoms with Crippen LogP contribution in [0.25, 0.3) is 33.8 Å². The van der Waals surface area contributed by atoms with Crippen molar-refractivity contribution in [3.8, 4) is 22.9 Å². The lowest BCUT2D eigenvalue weighted by Crippen LogP contribution is -2.13. The first-order chi connectivity index (χ1) is 15.9. The highest BCUT2D eigenvalue weighted by Gasteiger charge is 2.18. The lowest BCUT2D eigenvalue weighted by atomic mass is 10.0. The fourth-order valence-electron chi connectivity index (χ4n) is 3.32. The summed E-state index contributed by atoms with van der Waals surface area (Å²) in [6.07, 6.45) is 2.62. The standard InChI is InChI=1S/C23H16N4O5S/c1-33(29,30)15-10-8-14(9-11-15)19-13-17(16-5-2-3-6-18(16)24-19)21(28)25-23-27-26-22(32-23)20-7-4-12-31-20/h2-13H,1H3,(H,25,27,28). The average Bonchev–Trinajstić information content (AvgIpc) is 3.50. The van der Waals surface area contributed by atoms with E-state index in [2.05, 4.69) is 20.5 Å². The van der Waals surface area contributed by atoms with Gasteiger partial charge in [0.05, 0.1) is 27.9 Å². The summed E-state index contributed by atoms with van der Waals surface area (Å²) < 4.78 is 34.2. The number of hydrogen-bond acceptors (Lipinski definition) is 8. The Balaban J connectivity index is 1.51. The molecule has 0 bridgehead atoms. The van der Waals surface area contributed by atoms with Gasteiger partial charge in [-0.3, -0.25) is 10.1 Å². The number of nitrogens with one attached hydrogen (secondary N) is 1. The van der Waals surface area contributed by atoms with E-state index in [0.29, 0.717) is 33.5 Å². The van der Waals surface area contributed by atoms with Crippen LogP contribution in [0.4, 0.5) is 6.01 Å². The Kier molecular flexibility index (Phi) is 4.98. The first-order valence-electron chi connectivity index (χ1n) is 9.77. The van der Waals surface area contributed by atoms with Crippen molar-refractivity contribution < 1.29 is 22.0 Å². The number of carbonyl (C=O) groups is 1.